The molecule has 1 unspecified atom stereocenters. The van der Waals surface area contributed by atoms with Crippen LogP contribution in [0.4, 0.5) is 8.78 Å². The van der Waals surface area contributed by atoms with Crippen LogP contribution in [0.1, 0.15) is 5.56 Å². The molecule has 0 saturated heterocycles. The Kier molecular flexibility index (Phi) is 4.84. The lowest BCUT2D eigenvalue weighted by Gasteiger charge is -2.13. The number of nitrogens with two attached hydrogens (primary N) is 1. The molecule has 0 aliphatic rings. The summed E-state index contributed by atoms with van der Waals surface area (Å²) < 4.78 is 28.5. The first kappa shape index (κ1) is 13.4. The maximum absolute atomic E-state index is 12.1. The van der Waals surface area contributed by atoms with Crippen molar-refractivity contribution < 1.29 is 23.4 Å². The summed E-state index contributed by atoms with van der Waals surface area (Å²) in [6.45, 7) is -2.99. The highest BCUT2D eigenvalue weighted by molar-refractivity contribution is 5.70. The summed E-state index contributed by atoms with van der Waals surface area (Å²) in [5.74, 6) is -1.88. The van der Waals surface area contributed by atoms with Crippen molar-refractivity contribution in [2.75, 3.05) is 6.54 Å². The second-order valence-corrected chi connectivity index (χ2v) is 3.46. The van der Waals surface area contributed by atoms with Gasteiger partial charge in [0, 0.05) is 6.54 Å². The Morgan fingerprint density at radius 1 is 1.41 bits per heavy atom. The lowest BCUT2D eigenvalue weighted by molar-refractivity contribution is -0.141. The van der Waals surface area contributed by atoms with Crippen LogP contribution >= 0.6 is 0 Å². The van der Waals surface area contributed by atoms with Crippen LogP contribution in [0.2, 0.25) is 0 Å². The van der Waals surface area contributed by atoms with Gasteiger partial charge in [0.1, 0.15) is 5.75 Å². The zero-order chi connectivity index (χ0) is 12.8. The number of carboxylic acids is 1. The molecular formula is C11H13F2NO3. The molecule has 0 spiro atoms. The lowest BCUT2D eigenvalue weighted by atomic mass is 9.99. The minimum Gasteiger partial charge on any atom is -0.481 e. The number of aliphatic carboxylic acids is 1. The third-order valence-corrected chi connectivity index (χ3v) is 2.29. The Morgan fingerprint density at radius 2 is 2.06 bits per heavy atom. The zero-order valence-corrected chi connectivity index (χ0v) is 8.98. The van der Waals surface area contributed by atoms with Crippen molar-refractivity contribution in [1.82, 2.24) is 0 Å². The van der Waals surface area contributed by atoms with Crippen molar-refractivity contribution in [3.8, 4) is 5.75 Å². The summed E-state index contributed by atoms with van der Waals surface area (Å²) in [5, 5.41) is 8.84. The van der Waals surface area contributed by atoms with E-state index in [9.17, 15) is 13.6 Å². The summed E-state index contributed by atoms with van der Waals surface area (Å²) in [5.41, 5.74) is 5.71. The van der Waals surface area contributed by atoms with E-state index in [0.29, 0.717) is 5.56 Å². The zero-order valence-electron chi connectivity index (χ0n) is 8.98. The molecule has 94 valence electrons. The number of carbonyl (C=O) groups is 1. The Bertz CT molecular complexity index is 385. The summed E-state index contributed by atoms with van der Waals surface area (Å²) in [7, 11) is 0. The Balaban J connectivity index is 2.85. The van der Waals surface area contributed by atoms with Gasteiger partial charge < -0.3 is 15.6 Å². The van der Waals surface area contributed by atoms with Gasteiger partial charge in [-0.15, -0.1) is 0 Å². The van der Waals surface area contributed by atoms with E-state index in [1.807, 2.05) is 0 Å². The van der Waals surface area contributed by atoms with Crippen LogP contribution in [-0.2, 0) is 11.2 Å². The fourth-order valence-corrected chi connectivity index (χ4v) is 1.42. The second-order valence-electron chi connectivity index (χ2n) is 3.46. The number of benzene rings is 1. The first-order valence-electron chi connectivity index (χ1n) is 5.00. The van der Waals surface area contributed by atoms with Gasteiger partial charge in [0.15, 0.2) is 0 Å². The van der Waals surface area contributed by atoms with Gasteiger partial charge in [0.2, 0.25) is 0 Å². The standard InChI is InChI=1S/C11H13F2NO3/c12-11(13)17-9-4-2-1-3-7(9)5-8(6-14)10(15)16/h1-4,8,11H,5-6,14H2,(H,15,16). The number of ether oxygens (including phenoxy) is 1. The molecule has 0 radical (unpaired) electrons. The maximum Gasteiger partial charge on any atom is 0.387 e. The minimum absolute atomic E-state index is 0.0119. The van der Waals surface area contributed by atoms with Crippen molar-refractivity contribution in [1.29, 1.82) is 0 Å². The number of hydrogen-bond acceptors (Lipinski definition) is 3. The fourth-order valence-electron chi connectivity index (χ4n) is 1.42. The van der Waals surface area contributed by atoms with Gasteiger partial charge in [0.05, 0.1) is 5.92 Å². The Hall–Kier alpha value is -1.69. The SMILES string of the molecule is NCC(Cc1ccccc1OC(F)F)C(=O)O. The van der Waals surface area contributed by atoms with Crippen LogP contribution in [0.5, 0.6) is 5.75 Å². The van der Waals surface area contributed by atoms with Gasteiger partial charge in [-0.2, -0.15) is 8.78 Å². The van der Waals surface area contributed by atoms with Crippen LogP contribution in [0.3, 0.4) is 0 Å². The molecule has 4 nitrogen and oxygen atoms in total. The molecule has 17 heavy (non-hydrogen) atoms. The lowest BCUT2D eigenvalue weighted by Crippen LogP contribution is -2.25. The molecule has 0 aliphatic heterocycles. The highest BCUT2D eigenvalue weighted by Crippen LogP contribution is 2.23. The molecule has 1 rings (SSSR count). The summed E-state index contributed by atoms with van der Waals surface area (Å²) in [6, 6.07) is 6.09. The maximum atomic E-state index is 12.1. The van der Waals surface area contributed by atoms with Crippen LogP contribution in [0.15, 0.2) is 24.3 Å². The molecule has 0 saturated carbocycles. The summed E-state index contributed by atoms with van der Waals surface area (Å²) in [4.78, 5) is 10.8. The van der Waals surface area contributed by atoms with Crippen molar-refractivity contribution in [2.24, 2.45) is 11.7 Å². The van der Waals surface area contributed by atoms with E-state index in [1.54, 1.807) is 18.2 Å². The van der Waals surface area contributed by atoms with Gasteiger partial charge in [-0.05, 0) is 18.1 Å². The number of hydrogen-bond donors (Lipinski definition) is 2. The van der Waals surface area contributed by atoms with E-state index in [2.05, 4.69) is 4.74 Å². The fraction of sp³-hybridized carbons (Fsp3) is 0.364. The second kappa shape index (κ2) is 6.15. The smallest absolute Gasteiger partial charge is 0.387 e. The van der Waals surface area contributed by atoms with E-state index in [-0.39, 0.29) is 18.7 Å². The van der Waals surface area contributed by atoms with E-state index >= 15 is 0 Å². The summed E-state index contributed by atoms with van der Waals surface area (Å²) in [6.07, 6.45) is 0.0642. The number of halogens is 2. The predicted molar refractivity (Wildman–Crippen MR) is 57.0 cm³/mol. The molecule has 0 fully saturated rings. The molecule has 3 N–H and O–H groups in total. The Labute approximate surface area is 97.0 Å². The van der Waals surface area contributed by atoms with E-state index in [0.717, 1.165) is 0 Å². The third-order valence-electron chi connectivity index (χ3n) is 2.29. The molecule has 1 aromatic rings. The van der Waals surface area contributed by atoms with Crippen molar-refractivity contribution in [3.05, 3.63) is 29.8 Å². The third kappa shape index (κ3) is 3.99. The molecule has 0 bridgehead atoms. The number of carboxylic acid groups (broad SMARTS) is 1. The molecule has 0 amide bonds. The quantitative estimate of drug-likeness (QED) is 0.796. The van der Waals surface area contributed by atoms with Gasteiger partial charge >= 0.3 is 12.6 Å². The highest BCUT2D eigenvalue weighted by atomic mass is 19.3. The molecular weight excluding hydrogens is 232 g/mol. The monoisotopic (exact) mass is 245 g/mol. The molecule has 1 atom stereocenters. The average Bonchev–Trinajstić information content (AvgIpc) is 2.26. The molecule has 0 aromatic heterocycles. The van der Waals surface area contributed by atoms with E-state index < -0.39 is 18.5 Å². The number of para-hydroxylation sites is 1. The highest BCUT2D eigenvalue weighted by Gasteiger charge is 2.19. The molecule has 6 heteroatoms. The van der Waals surface area contributed by atoms with Gasteiger partial charge in [-0.25, -0.2) is 0 Å². The van der Waals surface area contributed by atoms with E-state index in [1.165, 1.54) is 6.07 Å². The van der Waals surface area contributed by atoms with E-state index in [4.69, 9.17) is 10.8 Å². The Morgan fingerprint density at radius 3 is 2.59 bits per heavy atom. The minimum atomic E-state index is -2.93. The topological polar surface area (TPSA) is 72.5 Å². The van der Waals surface area contributed by atoms with Gasteiger partial charge in [0.25, 0.3) is 0 Å². The largest absolute Gasteiger partial charge is 0.481 e. The van der Waals surface area contributed by atoms with Crippen LogP contribution < -0.4 is 10.5 Å². The number of rotatable bonds is 6. The van der Waals surface area contributed by atoms with Crippen molar-refractivity contribution >= 4 is 5.97 Å². The predicted octanol–water partition coefficient (Wildman–Crippen LogP) is 1.49. The molecule has 1 aromatic carbocycles. The summed E-state index contributed by atoms with van der Waals surface area (Å²) >= 11 is 0. The first-order valence-corrected chi connectivity index (χ1v) is 5.00. The van der Waals surface area contributed by atoms with Crippen molar-refractivity contribution in [2.45, 2.75) is 13.0 Å². The average molecular weight is 245 g/mol. The molecule has 0 aliphatic carbocycles. The van der Waals surface area contributed by atoms with Crippen LogP contribution in [0, 0.1) is 5.92 Å². The normalized spacial score (nSPS) is 12.5. The van der Waals surface area contributed by atoms with Crippen LogP contribution in [-0.4, -0.2) is 24.2 Å². The van der Waals surface area contributed by atoms with Crippen LogP contribution in [0.25, 0.3) is 0 Å². The number of alkyl halides is 2. The van der Waals surface area contributed by atoms with Gasteiger partial charge in [-0.3, -0.25) is 4.79 Å². The van der Waals surface area contributed by atoms with Crippen molar-refractivity contribution in [3.63, 3.8) is 0 Å². The molecule has 0 heterocycles. The first-order chi connectivity index (χ1) is 8.04. The van der Waals surface area contributed by atoms with Gasteiger partial charge in [-0.1, -0.05) is 18.2 Å².